The SMILES string of the molecule is CC.CCc1cc(C)cc(CC)c1C#N. The second kappa shape index (κ2) is 7.06. The number of aryl methyl sites for hydroxylation is 3. The fourth-order valence-electron chi connectivity index (χ4n) is 1.64. The summed E-state index contributed by atoms with van der Waals surface area (Å²) in [7, 11) is 0. The molecule has 0 radical (unpaired) electrons. The van der Waals surface area contributed by atoms with Crippen LogP contribution in [0.15, 0.2) is 12.1 Å². The van der Waals surface area contributed by atoms with E-state index in [1.807, 2.05) is 13.8 Å². The average molecular weight is 203 g/mol. The van der Waals surface area contributed by atoms with E-state index in [9.17, 15) is 0 Å². The van der Waals surface area contributed by atoms with Gasteiger partial charge in [-0.05, 0) is 30.9 Å². The molecule has 0 aromatic heterocycles. The summed E-state index contributed by atoms with van der Waals surface area (Å²) in [5.74, 6) is 0. The zero-order valence-electron chi connectivity index (χ0n) is 10.5. The molecule has 0 fully saturated rings. The van der Waals surface area contributed by atoms with Crippen LogP contribution in [-0.4, -0.2) is 0 Å². The topological polar surface area (TPSA) is 23.8 Å². The van der Waals surface area contributed by atoms with Crippen LogP contribution in [-0.2, 0) is 12.8 Å². The molecule has 0 N–H and O–H groups in total. The Hall–Kier alpha value is -1.29. The van der Waals surface area contributed by atoms with E-state index in [1.165, 1.54) is 16.7 Å². The van der Waals surface area contributed by atoms with Gasteiger partial charge in [0.15, 0.2) is 0 Å². The lowest BCUT2D eigenvalue weighted by Gasteiger charge is -2.07. The quantitative estimate of drug-likeness (QED) is 0.712. The molecule has 1 nitrogen and oxygen atoms in total. The van der Waals surface area contributed by atoms with E-state index in [-0.39, 0.29) is 0 Å². The summed E-state index contributed by atoms with van der Waals surface area (Å²) >= 11 is 0. The first-order valence-electron chi connectivity index (χ1n) is 5.75. The van der Waals surface area contributed by atoms with E-state index in [2.05, 4.69) is 39.0 Å². The highest BCUT2D eigenvalue weighted by molar-refractivity contribution is 5.46. The van der Waals surface area contributed by atoms with Gasteiger partial charge in [0.2, 0.25) is 0 Å². The van der Waals surface area contributed by atoms with E-state index >= 15 is 0 Å². The molecule has 0 aliphatic carbocycles. The maximum absolute atomic E-state index is 9.00. The van der Waals surface area contributed by atoms with Crippen LogP contribution in [0.2, 0.25) is 0 Å². The number of nitrogens with zero attached hydrogens (tertiary/aromatic N) is 1. The molecular weight excluding hydrogens is 182 g/mol. The van der Waals surface area contributed by atoms with Crippen molar-refractivity contribution in [1.82, 2.24) is 0 Å². The van der Waals surface area contributed by atoms with Gasteiger partial charge in [0.25, 0.3) is 0 Å². The Bertz CT molecular complexity index is 320. The molecule has 1 aromatic carbocycles. The van der Waals surface area contributed by atoms with Crippen LogP contribution in [0.5, 0.6) is 0 Å². The van der Waals surface area contributed by atoms with Crippen LogP contribution < -0.4 is 0 Å². The van der Waals surface area contributed by atoms with E-state index < -0.39 is 0 Å². The summed E-state index contributed by atoms with van der Waals surface area (Å²) in [6.45, 7) is 10.3. The second-order valence-corrected chi connectivity index (χ2v) is 3.28. The lowest BCUT2D eigenvalue weighted by atomic mass is 9.96. The minimum absolute atomic E-state index is 0.885. The minimum Gasteiger partial charge on any atom is -0.192 e. The zero-order chi connectivity index (χ0) is 11.8. The van der Waals surface area contributed by atoms with Gasteiger partial charge in [0.1, 0.15) is 0 Å². The fourth-order valence-corrected chi connectivity index (χ4v) is 1.64. The van der Waals surface area contributed by atoms with Crippen molar-refractivity contribution in [3.63, 3.8) is 0 Å². The fraction of sp³-hybridized carbons (Fsp3) is 0.500. The highest BCUT2D eigenvalue weighted by atomic mass is 14.3. The molecule has 0 amide bonds. The molecule has 82 valence electrons. The highest BCUT2D eigenvalue weighted by Crippen LogP contribution is 2.17. The first-order valence-corrected chi connectivity index (χ1v) is 5.75. The number of hydrogen-bond donors (Lipinski definition) is 0. The standard InChI is InChI=1S/C12H15N.C2H6/c1-4-10-6-9(3)7-11(5-2)12(10)8-13;1-2/h6-7H,4-5H2,1-3H3;1-2H3. The summed E-state index contributed by atoms with van der Waals surface area (Å²) in [4.78, 5) is 0. The molecule has 1 aromatic rings. The van der Waals surface area contributed by atoms with Crippen LogP contribution in [0.1, 0.15) is 49.9 Å². The third-order valence-electron chi connectivity index (χ3n) is 2.32. The molecule has 1 rings (SSSR count). The Balaban J connectivity index is 0.000000921. The first kappa shape index (κ1) is 13.7. The van der Waals surface area contributed by atoms with Gasteiger partial charge < -0.3 is 0 Å². The van der Waals surface area contributed by atoms with Gasteiger partial charge in [-0.1, -0.05) is 45.4 Å². The monoisotopic (exact) mass is 203 g/mol. The first-order chi connectivity index (χ1) is 7.22. The van der Waals surface area contributed by atoms with Crippen LogP contribution in [0.25, 0.3) is 0 Å². The molecule has 0 aliphatic heterocycles. The second-order valence-electron chi connectivity index (χ2n) is 3.28. The van der Waals surface area contributed by atoms with Crippen molar-refractivity contribution in [3.05, 3.63) is 34.4 Å². The lowest BCUT2D eigenvalue weighted by molar-refractivity contribution is 1.06. The van der Waals surface area contributed by atoms with E-state index in [1.54, 1.807) is 0 Å². The third-order valence-corrected chi connectivity index (χ3v) is 2.32. The van der Waals surface area contributed by atoms with Crippen LogP contribution in [0.4, 0.5) is 0 Å². The minimum atomic E-state index is 0.885. The summed E-state index contributed by atoms with van der Waals surface area (Å²) in [5.41, 5.74) is 4.50. The van der Waals surface area contributed by atoms with Gasteiger partial charge in [0, 0.05) is 0 Å². The molecule has 0 saturated heterocycles. The summed E-state index contributed by atoms with van der Waals surface area (Å²) < 4.78 is 0. The van der Waals surface area contributed by atoms with Crippen LogP contribution in [0, 0.1) is 18.3 Å². The van der Waals surface area contributed by atoms with Crippen molar-refractivity contribution >= 4 is 0 Å². The van der Waals surface area contributed by atoms with Crippen molar-refractivity contribution in [2.24, 2.45) is 0 Å². The third kappa shape index (κ3) is 3.40. The van der Waals surface area contributed by atoms with Crippen molar-refractivity contribution in [2.45, 2.75) is 47.5 Å². The maximum atomic E-state index is 9.00. The number of nitriles is 1. The van der Waals surface area contributed by atoms with Gasteiger partial charge in [-0.25, -0.2) is 0 Å². The molecule has 0 heterocycles. The molecule has 0 aliphatic rings. The Morgan fingerprint density at radius 2 is 1.47 bits per heavy atom. The molecular formula is C14H21N. The van der Waals surface area contributed by atoms with E-state index in [4.69, 9.17) is 5.26 Å². The van der Waals surface area contributed by atoms with E-state index in [0.29, 0.717) is 0 Å². The molecule has 15 heavy (non-hydrogen) atoms. The number of hydrogen-bond acceptors (Lipinski definition) is 1. The largest absolute Gasteiger partial charge is 0.192 e. The molecule has 0 saturated carbocycles. The smallest absolute Gasteiger partial charge is 0.0997 e. The number of benzene rings is 1. The zero-order valence-corrected chi connectivity index (χ0v) is 10.5. The van der Waals surface area contributed by atoms with Gasteiger partial charge in [0.05, 0.1) is 11.6 Å². The Morgan fingerprint density at radius 1 is 1.07 bits per heavy atom. The predicted octanol–water partition coefficient (Wildman–Crippen LogP) is 4.02. The van der Waals surface area contributed by atoms with Gasteiger partial charge >= 0.3 is 0 Å². The lowest BCUT2D eigenvalue weighted by Crippen LogP contribution is -1.95. The maximum Gasteiger partial charge on any atom is 0.0997 e. The van der Waals surface area contributed by atoms with Crippen molar-refractivity contribution in [2.75, 3.05) is 0 Å². The highest BCUT2D eigenvalue weighted by Gasteiger charge is 2.05. The summed E-state index contributed by atoms with van der Waals surface area (Å²) in [5, 5.41) is 9.00. The Morgan fingerprint density at radius 3 is 1.73 bits per heavy atom. The molecule has 1 heteroatoms. The predicted molar refractivity (Wildman–Crippen MR) is 66.0 cm³/mol. The molecule has 0 atom stereocenters. The van der Waals surface area contributed by atoms with Crippen LogP contribution in [0.3, 0.4) is 0 Å². The van der Waals surface area contributed by atoms with Gasteiger partial charge in [-0.2, -0.15) is 5.26 Å². The molecule has 0 bridgehead atoms. The summed E-state index contributed by atoms with van der Waals surface area (Å²) in [6, 6.07) is 6.51. The average Bonchev–Trinajstić information content (AvgIpc) is 2.30. The van der Waals surface area contributed by atoms with Crippen molar-refractivity contribution in [3.8, 4) is 6.07 Å². The van der Waals surface area contributed by atoms with Gasteiger partial charge in [-0.15, -0.1) is 0 Å². The molecule has 0 unspecified atom stereocenters. The van der Waals surface area contributed by atoms with E-state index in [0.717, 1.165) is 18.4 Å². The van der Waals surface area contributed by atoms with Crippen molar-refractivity contribution in [1.29, 1.82) is 5.26 Å². The van der Waals surface area contributed by atoms with Crippen LogP contribution >= 0.6 is 0 Å². The van der Waals surface area contributed by atoms with Crippen molar-refractivity contribution < 1.29 is 0 Å². The summed E-state index contributed by atoms with van der Waals surface area (Å²) in [6.07, 6.45) is 1.88. The Labute approximate surface area is 93.7 Å². The normalized spacial score (nSPS) is 8.80. The van der Waals surface area contributed by atoms with Gasteiger partial charge in [-0.3, -0.25) is 0 Å². The Kier molecular flexibility index (Phi) is 6.45. The number of rotatable bonds is 2. The molecule has 0 spiro atoms.